The van der Waals surface area contributed by atoms with E-state index < -0.39 is 0 Å². The van der Waals surface area contributed by atoms with Gasteiger partial charge in [-0.15, -0.1) is 0 Å². The fraction of sp³-hybridized carbons (Fsp3) is 0.176. The molecular formula is C17H16N6O. The number of likely N-dealkylation sites (N-methyl/N-ethyl adjacent to an activating group) is 1. The molecule has 0 unspecified atom stereocenters. The van der Waals surface area contributed by atoms with E-state index in [0.29, 0.717) is 0 Å². The van der Waals surface area contributed by atoms with Gasteiger partial charge < -0.3 is 4.90 Å². The van der Waals surface area contributed by atoms with E-state index in [4.69, 9.17) is 0 Å². The summed E-state index contributed by atoms with van der Waals surface area (Å²) in [5.74, 6) is 0.721. The van der Waals surface area contributed by atoms with Crippen molar-refractivity contribution in [2.45, 2.75) is 0 Å². The molecule has 0 spiro atoms. The normalized spacial score (nSPS) is 14.5. The molecule has 7 heteroatoms. The van der Waals surface area contributed by atoms with E-state index in [9.17, 15) is 4.79 Å². The largest absolute Gasteiger partial charge is 0.326 e. The van der Waals surface area contributed by atoms with E-state index in [1.54, 1.807) is 32.9 Å². The lowest BCUT2D eigenvalue weighted by Crippen LogP contribution is -2.29. The Morgan fingerprint density at radius 1 is 1.04 bits per heavy atom. The number of urea groups is 1. The van der Waals surface area contributed by atoms with Crippen LogP contribution in [0.2, 0.25) is 0 Å². The van der Waals surface area contributed by atoms with E-state index in [0.717, 1.165) is 35.7 Å². The molecule has 7 nitrogen and oxygen atoms in total. The molecule has 1 saturated heterocycles. The fourth-order valence-corrected chi connectivity index (χ4v) is 2.74. The third-order valence-electron chi connectivity index (χ3n) is 4.11. The highest BCUT2D eigenvalue weighted by molar-refractivity contribution is 5.94. The molecule has 0 bridgehead atoms. The number of amides is 2. The average molecular weight is 320 g/mol. The molecule has 0 radical (unpaired) electrons. The van der Waals surface area contributed by atoms with Crippen LogP contribution in [0.25, 0.3) is 16.9 Å². The number of hydrogen-bond acceptors (Lipinski definition) is 4. The summed E-state index contributed by atoms with van der Waals surface area (Å²) in [4.78, 5) is 23.6. The summed E-state index contributed by atoms with van der Waals surface area (Å²) in [6.45, 7) is 1.48. The molecule has 24 heavy (non-hydrogen) atoms. The summed E-state index contributed by atoms with van der Waals surface area (Å²) in [5, 5.41) is 4.34. The Bertz CT molecular complexity index is 858. The molecule has 2 aromatic heterocycles. The van der Waals surface area contributed by atoms with Crippen LogP contribution in [0.1, 0.15) is 0 Å². The third kappa shape index (κ3) is 2.50. The van der Waals surface area contributed by atoms with Crippen molar-refractivity contribution in [3.8, 4) is 16.9 Å². The van der Waals surface area contributed by atoms with Crippen molar-refractivity contribution in [2.75, 3.05) is 25.0 Å². The minimum absolute atomic E-state index is 0.0410. The summed E-state index contributed by atoms with van der Waals surface area (Å²) in [7, 11) is 1.82. The number of carbonyl (C=O) groups is 1. The van der Waals surface area contributed by atoms with E-state index in [1.165, 1.54) is 6.33 Å². The zero-order valence-corrected chi connectivity index (χ0v) is 13.2. The number of benzene rings is 1. The van der Waals surface area contributed by atoms with Gasteiger partial charge in [0, 0.05) is 49.8 Å². The van der Waals surface area contributed by atoms with Crippen LogP contribution < -0.4 is 4.90 Å². The highest BCUT2D eigenvalue weighted by atomic mass is 16.2. The Hall–Kier alpha value is -3.22. The van der Waals surface area contributed by atoms with E-state index in [-0.39, 0.29) is 6.03 Å². The van der Waals surface area contributed by atoms with Crippen molar-refractivity contribution in [2.24, 2.45) is 0 Å². The molecule has 1 aliphatic rings. The lowest BCUT2D eigenvalue weighted by atomic mass is 10.1. The minimum atomic E-state index is 0.0410. The van der Waals surface area contributed by atoms with Gasteiger partial charge in [-0.3, -0.25) is 4.90 Å². The first kappa shape index (κ1) is 14.4. The molecule has 0 atom stereocenters. The molecule has 3 heterocycles. The van der Waals surface area contributed by atoms with Gasteiger partial charge in [-0.25, -0.2) is 19.4 Å². The number of nitrogens with zero attached hydrogens (tertiary/aromatic N) is 6. The number of rotatable bonds is 3. The van der Waals surface area contributed by atoms with Crippen LogP contribution in [0, 0.1) is 0 Å². The van der Waals surface area contributed by atoms with Crippen LogP contribution >= 0.6 is 0 Å². The maximum absolute atomic E-state index is 12.0. The summed E-state index contributed by atoms with van der Waals surface area (Å²) in [5.41, 5.74) is 2.94. The Morgan fingerprint density at radius 3 is 2.54 bits per heavy atom. The summed E-state index contributed by atoms with van der Waals surface area (Å²) in [6, 6.07) is 9.78. The van der Waals surface area contributed by atoms with Crippen LogP contribution in [0.4, 0.5) is 10.5 Å². The Balaban J connectivity index is 1.58. The summed E-state index contributed by atoms with van der Waals surface area (Å²) >= 11 is 0. The lowest BCUT2D eigenvalue weighted by molar-refractivity contribution is 0.229. The number of anilines is 1. The van der Waals surface area contributed by atoms with Crippen molar-refractivity contribution >= 4 is 11.7 Å². The first-order valence-electron chi connectivity index (χ1n) is 7.66. The molecule has 2 amide bonds. The predicted octanol–water partition coefficient (Wildman–Crippen LogP) is 2.20. The third-order valence-corrected chi connectivity index (χ3v) is 4.11. The highest BCUT2D eigenvalue weighted by Crippen LogP contribution is 2.25. The molecule has 1 aromatic carbocycles. The van der Waals surface area contributed by atoms with E-state index in [2.05, 4.69) is 15.1 Å². The van der Waals surface area contributed by atoms with Crippen LogP contribution in [0.5, 0.6) is 0 Å². The van der Waals surface area contributed by atoms with Gasteiger partial charge in [0.2, 0.25) is 0 Å². The standard InChI is InChI=1S/C17H16N6O/c1-21-8-9-22(17(21)24)15-4-2-13(3-5-15)14-10-20-23(11-14)16-6-7-18-12-19-16/h2-7,10-12H,8-9H2,1H3. The number of aromatic nitrogens is 4. The first-order chi connectivity index (χ1) is 11.7. The maximum Gasteiger partial charge on any atom is 0.324 e. The lowest BCUT2D eigenvalue weighted by Gasteiger charge is -2.16. The zero-order valence-electron chi connectivity index (χ0n) is 13.2. The topological polar surface area (TPSA) is 67.2 Å². The van der Waals surface area contributed by atoms with Crippen molar-refractivity contribution in [3.05, 3.63) is 55.2 Å². The molecule has 1 fully saturated rings. The number of carbonyl (C=O) groups excluding carboxylic acids is 1. The molecular weight excluding hydrogens is 304 g/mol. The molecule has 0 aliphatic carbocycles. The van der Waals surface area contributed by atoms with Crippen LogP contribution in [0.15, 0.2) is 55.2 Å². The summed E-state index contributed by atoms with van der Waals surface area (Å²) < 4.78 is 1.71. The molecule has 1 aliphatic heterocycles. The van der Waals surface area contributed by atoms with Crippen LogP contribution in [-0.2, 0) is 0 Å². The predicted molar refractivity (Wildman–Crippen MR) is 90.0 cm³/mol. The quantitative estimate of drug-likeness (QED) is 0.742. The second kappa shape index (κ2) is 5.77. The number of hydrogen-bond donors (Lipinski definition) is 0. The van der Waals surface area contributed by atoms with Gasteiger partial charge in [-0.2, -0.15) is 5.10 Å². The zero-order chi connectivity index (χ0) is 16.5. The summed E-state index contributed by atoms with van der Waals surface area (Å²) in [6.07, 6.45) is 6.90. The van der Waals surface area contributed by atoms with Crippen molar-refractivity contribution in [1.82, 2.24) is 24.6 Å². The second-order valence-corrected chi connectivity index (χ2v) is 5.64. The van der Waals surface area contributed by atoms with Gasteiger partial charge in [0.05, 0.1) is 6.20 Å². The Kier molecular flexibility index (Phi) is 3.45. The van der Waals surface area contributed by atoms with Crippen molar-refractivity contribution in [3.63, 3.8) is 0 Å². The Morgan fingerprint density at radius 2 is 1.88 bits per heavy atom. The van der Waals surface area contributed by atoms with Crippen molar-refractivity contribution < 1.29 is 4.79 Å². The maximum atomic E-state index is 12.0. The minimum Gasteiger partial charge on any atom is -0.326 e. The van der Waals surface area contributed by atoms with Gasteiger partial charge in [-0.1, -0.05) is 12.1 Å². The molecule has 4 rings (SSSR count). The van der Waals surface area contributed by atoms with Crippen LogP contribution in [-0.4, -0.2) is 50.8 Å². The van der Waals surface area contributed by atoms with E-state index >= 15 is 0 Å². The molecule has 3 aromatic rings. The highest BCUT2D eigenvalue weighted by Gasteiger charge is 2.26. The van der Waals surface area contributed by atoms with Gasteiger partial charge in [0.15, 0.2) is 5.82 Å². The van der Waals surface area contributed by atoms with Crippen LogP contribution in [0.3, 0.4) is 0 Å². The monoisotopic (exact) mass is 320 g/mol. The molecule has 0 saturated carbocycles. The van der Waals surface area contributed by atoms with E-state index in [1.807, 2.05) is 37.5 Å². The SMILES string of the molecule is CN1CCN(c2ccc(-c3cnn(-c4ccncn4)c3)cc2)C1=O. The first-order valence-corrected chi connectivity index (χ1v) is 7.66. The van der Waals surface area contributed by atoms with Gasteiger partial charge in [-0.05, 0) is 17.7 Å². The van der Waals surface area contributed by atoms with Gasteiger partial charge >= 0.3 is 6.03 Å². The van der Waals surface area contributed by atoms with Gasteiger partial charge in [0.25, 0.3) is 0 Å². The van der Waals surface area contributed by atoms with Gasteiger partial charge in [0.1, 0.15) is 6.33 Å². The average Bonchev–Trinajstić information content (AvgIpc) is 3.24. The molecule has 0 N–H and O–H groups in total. The fourth-order valence-electron chi connectivity index (χ4n) is 2.74. The molecule has 120 valence electrons. The van der Waals surface area contributed by atoms with Crippen molar-refractivity contribution in [1.29, 1.82) is 0 Å². The smallest absolute Gasteiger partial charge is 0.324 e. The second-order valence-electron chi connectivity index (χ2n) is 5.64. The Labute approximate surface area is 139 Å².